The standard InChI is InChI=1S/C17H18N2O/c20-17(13-7-12-15-8-3-1-4-9-15)19-18-14-16-10-5-2-6-11-16/h1-6,8-11,14H,7,12-13H2,(H,19,20)/b18-14-. The molecule has 0 radical (unpaired) electrons. The SMILES string of the molecule is O=C(CCCc1ccccc1)N/N=C\c1ccccc1. The largest absolute Gasteiger partial charge is 0.273 e. The van der Waals surface area contributed by atoms with Crippen molar-refractivity contribution in [2.24, 2.45) is 5.10 Å². The second-order valence-corrected chi connectivity index (χ2v) is 4.54. The first-order valence-electron chi connectivity index (χ1n) is 6.75. The van der Waals surface area contributed by atoms with Crippen LogP contribution >= 0.6 is 0 Å². The van der Waals surface area contributed by atoms with Crippen LogP contribution < -0.4 is 5.43 Å². The smallest absolute Gasteiger partial charge is 0.240 e. The molecular formula is C17H18N2O. The number of amides is 1. The molecule has 0 aliphatic heterocycles. The molecule has 0 aliphatic carbocycles. The number of hydrogen-bond acceptors (Lipinski definition) is 2. The molecule has 0 heterocycles. The average Bonchev–Trinajstić information content (AvgIpc) is 2.49. The van der Waals surface area contributed by atoms with E-state index in [1.165, 1.54) is 5.56 Å². The van der Waals surface area contributed by atoms with Crippen LogP contribution in [0.15, 0.2) is 65.8 Å². The molecule has 1 N–H and O–H groups in total. The third-order valence-corrected chi connectivity index (χ3v) is 2.91. The van der Waals surface area contributed by atoms with Gasteiger partial charge in [0.15, 0.2) is 0 Å². The molecule has 2 rings (SSSR count). The van der Waals surface area contributed by atoms with Gasteiger partial charge in [0, 0.05) is 6.42 Å². The number of nitrogens with zero attached hydrogens (tertiary/aromatic N) is 1. The molecule has 0 unspecified atom stereocenters. The molecule has 0 aromatic heterocycles. The number of rotatable bonds is 6. The van der Waals surface area contributed by atoms with Crippen LogP contribution in [0.5, 0.6) is 0 Å². The van der Waals surface area contributed by atoms with E-state index in [0.717, 1.165) is 18.4 Å². The summed E-state index contributed by atoms with van der Waals surface area (Å²) in [7, 11) is 0. The lowest BCUT2D eigenvalue weighted by molar-refractivity contribution is -0.121. The van der Waals surface area contributed by atoms with E-state index in [1.54, 1.807) is 6.21 Å². The van der Waals surface area contributed by atoms with Crippen LogP contribution in [-0.4, -0.2) is 12.1 Å². The number of carbonyl (C=O) groups excluding carboxylic acids is 1. The third-order valence-electron chi connectivity index (χ3n) is 2.91. The number of nitrogens with one attached hydrogen (secondary N) is 1. The minimum absolute atomic E-state index is 0.0480. The fraction of sp³-hybridized carbons (Fsp3) is 0.176. The van der Waals surface area contributed by atoms with Crippen LogP contribution in [-0.2, 0) is 11.2 Å². The normalized spacial score (nSPS) is 10.6. The maximum atomic E-state index is 11.6. The van der Waals surface area contributed by atoms with Crippen LogP contribution in [0.25, 0.3) is 0 Å². The molecule has 0 fully saturated rings. The van der Waals surface area contributed by atoms with Crippen LogP contribution in [0, 0.1) is 0 Å². The summed E-state index contributed by atoms with van der Waals surface area (Å²) in [5.74, 6) is -0.0480. The van der Waals surface area contributed by atoms with Crippen molar-refractivity contribution in [2.45, 2.75) is 19.3 Å². The van der Waals surface area contributed by atoms with Gasteiger partial charge in [0.25, 0.3) is 0 Å². The minimum Gasteiger partial charge on any atom is -0.273 e. The van der Waals surface area contributed by atoms with Gasteiger partial charge in [-0.1, -0.05) is 60.7 Å². The number of aryl methyl sites for hydroxylation is 1. The molecule has 3 nitrogen and oxygen atoms in total. The molecule has 0 atom stereocenters. The van der Waals surface area contributed by atoms with Crippen LogP contribution in [0.4, 0.5) is 0 Å². The van der Waals surface area contributed by atoms with Crippen LogP contribution in [0.2, 0.25) is 0 Å². The monoisotopic (exact) mass is 266 g/mol. The highest BCUT2D eigenvalue weighted by Gasteiger charge is 1.99. The Morgan fingerprint density at radius 2 is 1.65 bits per heavy atom. The van der Waals surface area contributed by atoms with E-state index in [4.69, 9.17) is 0 Å². The maximum absolute atomic E-state index is 11.6. The highest BCUT2D eigenvalue weighted by Crippen LogP contribution is 2.04. The van der Waals surface area contributed by atoms with E-state index < -0.39 is 0 Å². The summed E-state index contributed by atoms with van der Waals surface area (Å²) in [5.41, 5.74) is 4.77. The van der Waals surface area contributed by atoms with E-state index >= 15 is 0 Å². The predicted octanol–water partition coefficient (Wildman–Crippen LogP) is 3.16. The van der Waals surface area contributed by atoms with E-state index in [9.17, 15) is 4.79 Å². The summed E-state index contributed by atoms with van der Waals surface area (Å²) < 4.78 is 0. The molecule has 0 saturated carbocycles. The number of hydrogen-bond donors (Lipinski definition) is 1. The van der Waals surface area contributed by atoms with Crippen molar-refractivity contribution in [1.82, 2.24) is 5.43 Å². The van der Waals surface area contributed by atoms with Crippen molar-refractivity contribution in [3.05, 3.63) is 71.8 Å². The first-order valence-corrected chi connectivity index (χ1v) is 6.75. The first kappa shape index (κ1) is 14.0. The summed E-state index contributed by atoms with van der Waals surface area (Å²) in [6, 6.07) is 19.9. The number of hydrazone groups is 1. The molecule has 0 bridgehead atoms. The van der Waals surface area contributed by atoms with Gasteiger partial charge in [-0.25, -0.2) is 5.43 Å². The van der Waals surface area contributed by atoms with E-state index in [1.807, 2.05) is 48.5 Å². The van der Waals surface area contributed by atoms with E-state index in [-0.39, 0.29) is 5.91 Å². The first-order chi connectivity index (χ1) is 9.84. The van der Waals surface area contributed by atoms with Gasteiger partial charge in [-0.05, 0) is 24.0 Å². The molecule has 1 amide bonds. The second-order valence-electron chi connectivity index (χ2n) is 4.54. The van der Waals surface area contributed by atoms with Gasteiger partial charge in [0.1, 0.15) is 0 Å². The van der Waals surface area contributed by atoms with E-state index in [0.29, 0.717) is 6.42 Å². The van der Waals surface area contributed by atoms with Gasteiger partial charge in [-0.3, -0.25) is 4.79 Å². The van der Waals surface area contributed by atoms with E-state index in [2.05, 4.69) is 22.7 Å². The fourth-order valence-corrected chi connectivity index (χ4v) is 1.87. The van der Waals surface area contributed by atoms with Crippen LogP contribution in [0.1, 0.15) is 24.0 Å². The van der Waals surface area contributed by atoms with Crippen molar-refractivity contribution < 1.29 is 4.79 Å². The lowest BCUT2D eigenvalue weighted by Crippen LogP contribution is -2.17. The third kappa shape index (κ3) is 5.06. The fourth-order valence-electron chi connectivity index (χ4n) is 1.87. The Morgan fingerprint density at radius 3 is 2.35 bits per heavy atom. The Morgan fingerprint density at radius 1 is 1.00 bits per heavy atom. The van der Waals surface area contributed by atoms with Crippen molar-refractivity contribution >= 4 is 12.1 Å². The van der Waals surface area contributed by atoms with Gasteiger partial charge >= 0.3 is 0 Å². The Balaban J connectivity index is 1.67. The molecular weight excluding hydrogens is 248 g/mol. The van der Waals surface area contributed by atoms with Crippen molar-refractivity contribution in [3.63, 3.8) is 0 Å². The summed E-state index contributed by atoms with van der Waals surface area (Å²) >= 11 is 0. The van der Waals surface area contributed by atoms with Gasteiger partial charge in [0.2, 0.25) is 5.91 Å². The number of benzene rings is 2. The molecule has 102 valence electrons. The summed E-state index contributed by atoms with van der Waals surface area (Å²) in [6.07, 6.45) is 3.88. The van der Waals surface area contributed by atoms with Crippen molar-refractivity contribution in [3.8, 4) is 0 Å². The summed E-state index contributed by atoms with van der Waals surface area (Å²) in [5, 5.41) is 3.94. The maximum Gasteiger partial charge on any atom is 0.240 e. The lowest BCUT2D eigenvalue weighted by Gasteiger charge is -2.01. The molecule has 2 aromatic rings. The van der Waals surface area contributed by atoms with Crippen molar-refractivity contribution in [2.75, 3.05) is 0 Å². The topological polar surface area (TPSA) is 41.5 Å². The molecule has 0 aliphatic rings. The molecule has 3 heteroatoms. The zero-order chi connectivity index (χ0) is 14.0. The minimum atomic E-state index is -0.0480. The molecule has 2 aromatic carbocycles. The Labute approximate surface area is 119 Å². The zero-order valence-corrected chi connectivity index (χ0v) is 11.3. The van der Waals surface area contributed by atoms with Gasteiger partial charge in [-0.15, -0.1) is 0 Å². The zero-order valence-electron chi connectivity index (χ0n) is 11.3. The highest BCUT2D eigenvalue weighted by atomic mass is 16.2. The predicted molar refractivity (Wildman–Crippen MR) is 81.6 cm³/mol. The van der Waals surface area contributed by atoms with Gasteiger partial charge in [-0.2, -0.15) is 5.10 Å². The molecule has 20 heavy (non-hydrogen) atoms. The molecule has 0 spiro atoms. The van der Waals surface area contributed by atoms with Gasteiger partial charge < -0.3 is 0 Å². The number of carbonyl (C=O) groups is 1. The molecule has 0 saturated heterocycles. The average molecular weight is 266 g/mol. The Kier molecular flexibility index (Phi) is 5.53. The summed E-state index contributed by atoms with van der Waals surface area (Å²) in [4.78, 5) is 11.6. The Hall–Kier alpha value is -2.42. The highest BCUT2D eigenvalue weighted by molar-refractivity contribution is 5.82. The van der Waals surface area contributed by atoms with Crippen molar-refractivity contribution in [1.29, 1.82) is 0 Å². The second kappa shape index (κ2) is 7.89. The van der Waals surface area contributed by atoms with Crippen LogP contribution in [0.3, 0.4) is 0 Å². The quantitative estimate of drug-likeness (QED) is 0.633. The lowest BCUT2D eigenvalue weighted by atomic mass is 10.1. The van der Waals surface area contributed by atoms with Gasteiger partial charge in [0.05, 0.1) is 6.21 Å². The summed E-state index contributed by atoms with van der Waals surface area (Å²) in [6.45, 7) is 0. The Bertz CT molecular complexity index is 550.